The maximum atomic E-state index is 11.9. The van der Waals surface area contributed by atoms with Gasteiger partial charge in [-0.25, -0.2) is 0 Å². The lowest BCUT2D eigenvalue weighted by Crippen LogP contribution is -2.11. The fourth-order valence-electron chi connectivity index (χ4n) is 2.64. The molecule has 0 saturated carbocycles. The molecule has 1 aliphatic rings. The molecule has 0 heterocycles. The first kappa shape index (κ1) is 14.2. The molecule has 1 amide bonds. The number of carbonyl (C=O) groups excluding carboxylic acids is 1. The number of benzene rings is 2. The van der Waals surface area contributed by atoms with Gasteiger partial charge in [-0.3, -0.25) is 4.79 Å². The maximum absolute atomic E-state index is 11.9. The van der Waals surface area contributed by atoms with Gasteiger partial charge < -0.3 is 5.32 Å². The third-order valence-electron chi connectivity index (χ3n) is 3.73. The van der Waals surface area contributed by atoms with Crippen molar-refractivity contribution in [2.24, 2.45) is 0 Å². The molecular formula is C18H19NOS. The van der Waals surface area contributed by atoms with Crippen LogP contribution in [-0.4, -0.2) is 11.7 Å². The van der Waals surface area contributed by atoms with Crippen molar-refractivity contribution >= 4 is 23.4 Å². The molecule has 3 heteroatoms. The summed E-state index contributed by atoms with van der Waals surface area (Å²) in [7, 11) is 0. The molecule has 1 N–H and O–H groups in total. The summed E-state index contributed by atoms with van der Waals surface area (Å²) in [5.74, 6) is 0.895. The van der Waals surface area contributed by atoms with Gasteiger partial charge in [0.05, 0.1) is 0 Å². The molecule has 0 aliphatic heterocycles. The number of rotatable bonds is 5. The van der Waals surface area contributed by atoms with Gasteiger partial charge in [0.1, 0.15) is 0 Å². The molecule has 0 atom stereocenters. The van der Waals surface area contributed by atoms with Gasteiger partial charge in [-0.05, 0) is 54.7 Å². The number of fused-ring (bicyclic) bond motifs is 1. The van der Waals surface area contributed by atoms with E-state index in [0.717, 1.165) is 11.4 Å². The lowest BCUT2D eigenvalue weighted by molar-refractivity contribution is -0.115. The van der Waals surface area contributed by atoms with E-state index in [0.29, 0.717) is 6.42 Å². The molecule has 21 heavy (non-hydrogen) atoms. The minimum atomic E-state index is 0.0786. The second kappa shape index (κ2) is 6.81. The van der Waals surface area contributed by atoms with Crippen molar-refractivity contribution in [3.63, 3.8) is 0 Å². The van der Waals surface area contributed by atoms with Gasteiger partial charge in [-0.15, -0.1) is 11.8 Å². The van der Waals surface area contributed by atoms with Crippen LogP contribution in [-0.2, 0) is 17.6 Å². The Morgan fingerprint density at radius 3 is 2.71 bits per heavy atom. The van der Waals surface area contributed by atoms with Crippen LogP contribution in [0.15, 0.2) is 53.4 Å². The Hall–Kier alpha value is -1.74. The molecule has 0 saturated heterocycles. The first-order valence-corrected chi connectivity index (χ1v) is 8.39. The molecular weight excluding hydrogens is 278 g/mol. The van der Waals surface area contributed by atoms with E-state index >= 15 is 0 Å². The Labute approximate surface area is 130 Å². The average molecular weight is 297 g/mol. The van der Waals surface area contributed by atoms with E-state index in [2.05, 4.69) is 23.5 Å². The number of hydrogen-bond donors (Lipinski definition) is 1. The summed E-state index contributed by atoms with van der Waals surface area (Å²) in [5.41, 5.74) is 3.86. The monoisotopic (exact) mass is 297 g/mol. The summed E-state index contributed by atoms with van der Waals surface area (Å²) in [6.45, 7) is 0. The molecule has 1 aliphatic carbocycles. The summed E-state index contributed by atoms with van der Waals surface area (Å²) in [6.07, 6.45) is 4.25. The van der Waals surface area contributed by atoms with Crippen LogP contribution in [0.5, 0.6) is 0 Å². The summed E-state index contributed by atoms with van der Waals surface area (Å²) in [4.78, 5) is 13.1. The summed E-state index contributed by atoms with van der Waals surface area (Å²) < 4.78 is 0. The largest absolute Gasteiger partial charge is 0.326 e. The summed E-state index contributed by atoms with van der Waals surface area (Å²) in [6, 6.07) is 16.3. The number of hydrogen-bond acceptors (Lipinski definition) is 2. The molecule has 2 nitrogen and oxygen atoms in total. The van der Waals surface area contributed by atoms with E-state index in [1.165, 1.54) is 35.3 Å². The Bertz CT molecular complexity index is 624. The molecule has 0 aromatic heterocycles. The second-order valence-corrected chi connectivity index (χ2v) is 6.47. The minimum absolute atomic E-state index is 0.0786. The lowest BCUT2D eigenvalue weighted by Gasteiger charge is -2.06. The van der Waals surface area contributed by atoms with Crippen LogP contribution in [0.3, 0.4) is 0 Å². The number of para-hydroxylation sites is 1. The Morgan fingerprint density at radius 2 is 1.86 bits per heavy atom. The number of anilines is 1. The summed E-state index contributed by atoms with van der Waals surface area (Å²) >= 11 is 1.76. The lowest BCUT2D eigenvalue weighted by atomic mass is 10.1. The van der Waals surface area contributed by atoms with Crippen molar-refractivity contribution in [1.82, 2.24) is 0 Å². The highest BCUT2D eigenvalue weighted by Crippen LogP contribution is 2.27. The highest BCUT2D eigenvalue weighted by atomic mass is 32.2. The molecule has 0 fully saturated rings. The smallest absolute Gasteiger partial charge is 0.225 e. The molecule has 0 unspecified atom stereocenters. The van der Waals surface area contributed by atoms with E-state index < -0.39 is 0 Å². The average Bonchev–Trinajstić information content (AvgIpc) is 2.96. The van der Waals surface area contributed by atoms with Crippen LogP contribution >= 0.6 is 11.8 Å². The second-order valence-electron chi connectivity index (χ2n) is 5.30. The zero-order valence-corrected chi connectivity index (χ0v) is 12.8. The number of amides is 1. The Balaban J connectivity index is 1.46. The van der Waals surface area contributed by atoms with Crippen LogP contribution in [0.25, 0.3) is 0 Å². The van der Waals surface area contributed by atoms with E-state index in [4.69, 9.17) is 0 Å². The highest BCUT2D eigenvalue weighted by Gasteiger charge is 2.11. The van der Waals surface area contributed by atoms with Crippen LogP contribution in [0.4, 0.5) is 5.69 Å². The van der Waals surface area contributed by atoms with Gasteiger partial charge in [0, 0.05) is 22.8 Å². The van der Waals surface area contributed by atoms with Crippen molar-refractivity contribution in [2.45, 2.75) is 30.6 Å². The molecule has 0 spiro atoms. The highest BCUT2D eigenvalue weighted by molar-refractivity contribution is 7.99. The van der Waals surface area contributed by atoms with E-state index in [1.54, 1.807) is 11.8 Å². The topological polar surface area (TPSA) is 29.1 Å². The predicted octanol–water partition coefficient (Wildman–Crippen LogP) is 4.30. The van der Waals surface area contributed by atoms with Crippen molar-refractivity contribution < 1.29 is 4.79 Å². The first-order chi connectivity index (χ1) is 10.3. The Morgan fingerprint density at radius 1 is 1.05 bits per heavy atom. The van der Waals surface area contributed by atoms with E-state index in [-0.39, 0.29) is 5.91 Å². The van der Waals surface area contributed by atoms with Crippen LogP contribution in [0.2, 0.25) is 0 Å². The van der Waals surface area contributed by atoms with Gasteiger partial charge in [0.15, 0.2) is 0 Å². The van der Waals surface area contributed by atoms with Crippen molar-refractivity contribution in [3.8, 4) is 0 Å². The fourth-order valence-corrected chi connectivity index (χ4v) is 3.56. The van der Waals surface area contributed by atoms with Crippen molar-refractivity contribution in [1.29, 1.82) is 0 Å². The SMILES string of the molecule is O=C(CCSc1ccc2c(c1)CCC2)Nc1ccccc1. The number of nitrogens with one attached hydrogen (secondary N) is 1. The van der Waals surface area contributed by atoms with Gasteiger partial charge in [-0.1, -0.05) is 24.3 Å². The van der Waals surface area contributed by atoms with Gasteiger partial charge in [0.25, 0.3) is 0 Å². The Kier molecular flexibility index (Phi) is 4.61. The molecule has 0 radical (unpaired) electrons. The minimum Gasteiger partial charge on any atom is -0.326 e. The zero-order chi connectivity index (χ0) is 14.5. The third kappa shape index (κ3) is 3.88. The van der Waals surface area contributed by atoms with E-state index in [1.807, 2.05) is 30.3 Å². The maximum Gasteiger partial charge on any atom is 0.225 e. The third-order valence-corrected chi connectivity index (χ3v) is 4.72. The summed E-state index contributed by atoms with van der Waals surface area (Å²) in [5, 5.41) is 2.92. The first-order valence-electron chi connectivity index (χ1n) is 7.41. The zero-order valence-electron chi connectivity index (χ0n) is 12.0. The van der Waals surface area contributed by atoms with Gasteiger partial charge in [0.2, 0.25) is 5.91 Å². The van der Waals surface area contributed by atoms with Crippen LogP contribution in [0.1, 0.15) is 24.0 Å². The van der Waals surface area contributed by atoms with Gasteiger partial charge in [-0.2, -0.15) is 0 Å². The predicted molar refractivity (Wildman–Crippen MR) is 88.9 cm³/mol. The normalized spacial score (nSPS) is 13.0. The molecule has 0 bridgehead atoms. The number of thioether (sulfide) groups is 1. The van der Waals surface area contributed by atoms with Crippen molar-refractivity contribution in [2.75, 3.05) is 11.1 Å². The van der Waals surface area contributed by atoms with Crippen LogP contribution in [0, 0.1) is 0 Å². The number of aryl methyl sites for hydroxylation is 2. The molecule has 2 aromatic carbocycles. The molecule has 3 rings (SSSR count). The van der Waals surface area contributed by atoms with Crippen molar-refractivity contribution in [3.05, 3.63) is 59.7 Å². The quantitative estimate of drug-likeness (QED) is 0.834. The van der Waals surface area contributed by atoms with E-state index in [9.17, 15) is 4.79 Å². The standard InChI is InChI=1S/C18H19NOS/c20-18(19-16-7-2-1-3-8-16)11-12-21-17-10-9-14-5-4-6-15(14)13-17/h1-3,7-10,13H,4-6,11-12H2,(H,19,20). The fraction of sp³-hybridized carbons (Fsp3) is 0.278. The molecule has 2 aromatic rings. The molecule has 108 valence electrons. The van der Waals surface area contributed by atoms with Gasteiger partial charge >= 0.3 is 0 Å². The van der Waals surface area contributed by atoms with Crippen LogP contribution < -0.4 is 5.32 Å². The number of carbonyl (C=O) groups is 1.